The number of ether oxygens (including phenoxy) is 1. The van der Waals surface area contributed by atoms with Gasteiger partial charge in [-0.15, -0.1) is 5.73 Å². The maximum absolute atomic E-state index is 6.44. The van der Waals surface area contributed by atoms with E-state index in [1.54, 1.807) is 0 Å². The number of hydrogen-bond acceptors (Lipinski definition) is 1. The smallest absolute Gasteiger partial charge is 0.0974 e. The van der Waals surface area contributed by atoms with Crippen LogP contribution in [-0.2, 0) is 4.74 Å². The van der Waals surface area contributed by atoms with Crippen LogP contribution in [-0.4, -0.2) is 5.60 Å². The lowest BCUT2D eigenvalue weighted by Gasteiger charge is -2.33. The summed E-state index contributed by atoms with van der Waals surface area (Å²) in [6, 6.07) is 10.5. The Labute approximate surface area is 109 Å². The van der Waals surface area contributed by atoms with Gasteiger partial charge in [0, 0.05) is 12.0 Å². The Kier molecular flexibility index (Phi) is 3.11. The lowest BCUT2D eigenvalue weighted by molar-refractivity contribution is -0.0504. The fourth-order valence-corrected chi connectivity index (χ4v) is 3.39. The first kappa shape index (κ1) is 11.8. The van der Waals surface area contributed by atoms with Crippen molar-refractivity contribution in [1.29, 1.82) is 0 Å². The summed E-state index contributed by atoms with van der Waals surface area (Å²) >= 11 is 0. The van der Waals surface area contributed by atoms with Crippen molar-refractivity contribution >= 4 is 0 Å². The molecule has 1 aromatic rings. The first-order valence-electron chi connectivity index (χ1n) is 6.96. The molecule has 1 heterocycles. The summed E-state index contributed by atoms with van der Waals surface area (Å²) in [6.45, 7) is 3.88. The van der Waals surface area contributed by atoms with Gasteiger partial charge < -0.3 is 4.74 Å². The Bertz CT molecular complexity index is 462. The van der Waals surface area contributed by atoms with Crippen LogP contribution in [0.25, 0.3) is 0 Å². The fraction of sp³-hybridized carbons (Fsp3) is 0.471. The van der Waals surface area contributed by atoms with Crippen molar-refractivity contribution in [2.45, 2.75) is 50.2 Å². The van der Waals surface area contributed by atoms with Crippen molar-refractivity contribution in [3.05, 3.63) is 53.8 Å². The number of benzene rings is 1. The molecule has 0 bridgehead atoms. The van der Waals surface area contributed by atoms with E-state index in [0.29, 0.717) is 0 Å². The van der Waals surface area contributed by atoms with Gasteiger partial charge in [0.05, 0.1) is 11.7 Å². The first-order valence-corrected chi connectivity index (χ1v) is 6.96. The monoisotopic (exact) mass is 240 g/mol. The highest BCUT2D eigenvalue weighted by Crippen LogP contribution is 2.49. The molecule has 1 atom stereocenters. The number of hydrogen-bond donors (Lipinski definition) is 0. The zero-order valence-corrected chi connectivity index (χ0v) is 10.8. The van der Waals surface area contributed by atoms with Crippen molar-refractivity contribution in [3.8, 4) is 0 Å². The van der Waals surface area contributed by atoms with E-state index in [1.165, 1.54) is 30.4 Å². The molecule has 0 amide bonds. The van der Waals surface area contributed by atoms with Gasteiger partial charge in [-0.1, -0.05) is 56.2 Å². The van der Waals surface area contributed by atoms with Crippen LogP contribution in [0, 0.1) is 0 Å². The second-order valence-electron chi connectivity index (χ2n) is 5.43. The topological polar surface area (TPSA) is 9.23 Å². The van der Waals surface area contributed by atoms with Crippen LogP contribution < -0.4 is 0 Å². The van der Waals surface area contributed by atoms with Gasteiger partial charge in [0.2, 0.25) is 0 Å². The van der Waals surface area contributed by atoms with E-state index < -0.39 is 0 Å². The van der Waals surface area contributed by atoms with Gasteiger partial charge in [-0.3, -0.25) is 0 Å². The van der Waals surface area contributed by atoms with Crippen molar-refractivity contribution in [3.63, 3.8) is 0 Å². The summed E-state index contributed by atoms with van der Waals surface area (Å²) in [5, 5.41) is 0. The Morgan fingerprint density at radius 2 is 1.83 bits per heavy atom. The van der Waals surface area contributed by atoms with Crippen molar-refractivity contribution in [1.82, 2.24) is 0 Å². The quantitative estimate of drug-likeness (QED) is 0.654. The van der Waals surface area contributed by atoms with Gasteiger partial charge in [0.1, 0.15) is 0 Å². The highest BCUT2D eigenvalue weighted by Gasteiger charge is 2.45. The Morgan fingerprint density at radius 3 is 2.50 bits per heavy atom. The van der Waals surface area contributed by atoms with Gasteiger partial charge >= 0.3 is 0 Å². The average Bonchev–Trinajstić information content (AvgIpc) is 2.79. The third-order valence-electron chi connectivity index (χ3n) is 4.35. The molecule has 94 valence electrons. The zero-order chi connectivity index (χ0) is 12.4. The van der Waals surface area contributed by atoms with Crippen LogP contribution >= 0.6 is 0 Å². The van der Waals surface area contributed by atoms with Gasteiger partial charge in [0.15, 0.2) is 0 Å². The maximum atomic E-state index is 6.44. The minimum absolute atomic E-state index is 0.0412. The second kappa shape index (κ2) is 4.76. The molecule has 1 aromatic carbocycles. The van der Waals surface area contributed by atoms with Crippen molar-refractivity contribution in [2.24, 2.45) is 0 Å². The molecule has 1 spiro atoms. The third kappa shape index (κ3) is 1.94. The average molecular weight is 240 g/mol. The molecule has 0 radical (unpaired) electrons. The summed E-state index contributed by atoms with van der Waals surface area (Å²) in [4.78, 5) is 0. The molecule has 3 rings (SSSR count). The summed E-state index contributed by atoms with van der Waals surface area (Å²) in [6.07, 6.45) is 7.34. The van der Waals surface area contributed by atoms with Gasteiger partial charge in [0.25, 0.3) is 0 Å². The van der Waals surface area contributed by atoms with Gasteiger partial charge in [-0.2, -0.15) is 0 Å². The summed E-state index contributed by atoms with van der Waals surface area (Å²) < 4.78 is 6.44. The molecule has 0 aromatic heterocycles. The van der Waals surface area contributed by atoms with E-state index in [-0.39, 0.29) is 11.7 Å². The molecule has 1 saturated carbocycles. The van der Waals surface area contributed by atoms with Crippen LogP contribution in [0.15, 0.2) is 48.2 Å². The lowest BCUT2D eigenvalue weighted by atomic mass is 9.80. The minimum atomic E-state index is -0.0412. The van der Waals surface area contributed by atoms with Crippen LogP contribution in [0.2, 0.25) is 0 Å². The van der Waals surface area contributed by atoms with Crippen molar-refractivity contribution < 1.29 is 4.74 Å². The molecule has 18 heavy (non-hydrogen) atoms. The standard InChI is InChI=1S/C17H20O/c1-2-15-13-16(14-9-5-3-6-10-14)18-17(15)11-7-4-8-12-17/h3,5-6,9-10,16H,1,4,7-8,11-13H2. The predicted octanol–water partition coefficient (Wildman–Crippen LogP) is 4.56. The summed E-state index contributed by atoms with van der Waals surface area (Å²) in [5.74, 6) is 0. The predicted molar refractivity (Wildman–Crippen MR) is 73.4 cm³/mol. The molecule has 1 saturated heterocycles. The van der Waals surface area contributed by atoms with E-state index in [1.807, 2.05) is 0 Å². The lowest BCUT2D eigenvalue weighted by Crippen LogP contribution is -2.32. The highest BCUT2D eigenvalue weighted by atomic mass is 16.5. The molecule has 1 aliphatic carbocycles. The summed E-state index contributed by atoms with van der Waals surface area (Å²) in [7, 11) is 0. The van der Waals surface area contributed by atoms with Crippen LogP contribution in [0.4, 0.5) is 0 Å². The first-order chi connectivity index (χ1) is 8.84. The highest BCUT2D eigenvalue weighted by molar-refractivity contribution is 5.28. The van der Waals surface area contributed by atoms with E-state index in [9.17, 15) is 0 Å². The Hall–Kier alpha value is -1.30. The van der Waals surface area contributed by atoms with Crippen LogP contribution in [0.1, 0.15) is 50.2 Å². The Morgan fingerprint density at radius 1 is 1.11 bits per heavy atom. The molecule has 1 aliphatic heterocycles. The molecule has 0 N–H and O–H groups in total. The molecule has 1 unspecified atom stereocenters. The van der Waals surface area contributed by atoms with E-state index in [2.05, 4.69) is 42.6 Å². The normalized spacial score (nSPS) is 26.2. The number of rotatable bonds is 1. The van der Waals surface area contributed by atoms with E-state index in [0.717, 1.165) is 19.3 Å². The van der Waals surface area contributed by atoms with Crippen LogP contribution in [0.3, 0.4) is 0 Å². The van der Waals surface area contributed by atoms with Gasteiger partial charge in [-0.05, 0) is 18.4 Å². The second-order valence-corrected chi connectivity index (χ2v) is 5.43. The molecule has 1 heteroatoms. The van der Waals surface area contributed by atoms with Crippen LogP contribution in [0.5, 0.6) is 0 Å². The largest absolute Gasteiger partial charge is 0.362 e. The minimum Gasteiger partial charge on any atom is -0.362 e. The maximum Gasteiger partial charge on any atom is 0.0974 e. The fourth-order valence-electron chi connectivity index (χ4n) is 3.39. The molecular weight excluding hydrogens is 220 g/mol. The molecule has 2 fully saturated rings. The zero-order valence-electron chi connectivity index (χ0n) is 10.8. The molecular formula is C17H20O. The van der Waals surface area contributed by atoms with E-state index >= 15 is 0 Å². The van der Waals surface area contributed by atoms with E-state index in [4.69, 9.17) is 4.74 Å². The Balaban J connectivity index is 1.88. The van der Waals surface area contributed by atoms with Gasteiger partial charge in [-0.25, -0.2) is 0 Å². The third-order valence-corrected chi connectivity index (χ3v) is 4.35. The SMILES string of the molecule is C=C=C1CC(c2ccccc2)OC12CCCCC2. The summed E-state index contributed by atoms with van der Waals surface area (Å²) in [5.41, 5.74) is 5.71. The van der Waals surface area contributed by atoms with Crippen molar-refractivity contribution in [2.75, 3.05) is 0 Å². The molecule has 2 aliphatic rings. The molecule has 1 nitrogen and oxygen atoms in total.